The number of aliphatic imine (C=N–C) groups is 1. The highest BCUT2D eigenvalue weighted by Gasteiger charge is 2.31. The van der Waals surface area contributed by atoms with E-state index in [-0.39, 0.29) is 5.92 Å². The van der Waals surface area contributed by atoms with Crippen LogP contribution >= 0.6 is 11.6 Å². The van der Waals surface area contributed by atoms with Crippen LogP contribution in [0.4, 0.5) is 18.9 Å². The van der Waals surface area contributed by atoms with Crippen LogP contribution in [-0.2, 0) is 12.6 Å². The van der Waals surface area contributed by atoms with Gasteiger partial charge in [0.15, 0.2) is 0 Å². The van der Waals surface area contributed by atoms with Gasteiger partial charge in [-0.3, -0.25) is 4.99 Å². The van der Waals surface area contributed by atoms with Gasteiger partial charge in [-0.05, 0) is 93.1 Å². The Balaban J connectivity index is 2.08. The van der Waals surface area contributed by atoms with Crippen LogP contribution in [0.2, 0.25) is 0 Å². The third kappa shape index (κ3) is 7.45. The first-order valence-electron chi connectivity index (χ1n) is 13.7. The number of allylic oxidation sites excluding steroid dienone is 4. The van der Waals surface area contributed by atoms with Crippen molar-refractivity contribution in [3.63, 3.8) is 0 Å². The number of likely N-dealkylation sites (N-methyl/N-ethyl adjacent to an activating group) is 1. The van der Waals surface area contributed by atoms with E-state index in [0.717, 1.165) is 34.5 Å². The average molecular weight is 557 g/mol. The van der Waals surface area contributed by atoms with Crippen molar-refractivity contribution in [3.05, 3.63) is 94.3 Å². The van der Waals surface area contributed by atoms with Gasteiger partial charge in [0.1, 0.15) is 0 Å². The van der Waals surface area contributed by atoms with Crippen LogP contribution in [0.25, 0.3) is 5.03 Å². The van der Waals surface area contributed by atoms with Crippen molar-refractivity contribution in [2.24, 2.45) is 10.9 Å². The maximum atomic E-state index is 13.0. The van der Waals surface area contributed by atoms with Crippen molar-refractivity contribution in [2.45, 2.75) is 77.8 Å². The molecular formula is C33H40ClF3N2. The highest BCUT2D eigenvalue weighted by Crippen LogP contribution is 2.44. The molecule has 0 aliphatic heterocycles. The fourth-order valence-electron chi connectivity index (χ4n) is 5.62. The molecule has 0 N–H and O–H groups in total. The van der Waals surface area contributed by atoms with Gasteiger partial charge in [-0.1, -0.05) is 68.6 Å². The Morgan fingerprint density at radius 3 is 2.28 bits per heavy atom. The van der Waals surface area contributed by atoms with E-state index in [4.69, 9.17) is 11.6 Å². The lowest BCUT2D eigenvalue weighted by Gasteiger charge is -2.37. The summed E-state index contributed by atoms with van der Waals surface area (Å²) >= 11 is 7.07. The molecule has 6 heteroatoms. The lowest BCUT2D eigenvalue weighted by atomic mass is 9.74. The minimum Gasteiger partial charge on any atom is -0.352 e. The van der Waals surface area contributed by atoms with Crippen LogP contribution < -0.4 is 0 Å². The molecule has 1 unspecified atom stereocenters. The zero-order chi connectivity index (χ0) is 28.7. The normalized spacial score (nSPS) is 16.5. The zero-order valence-electron chi connectivity index (χ0n) is 23.5. The standard InChI is InChI=1S/C33H40ClF3N2/c1-7-24(20-23-14-17-27(18-15-23)33(35,36)37)32(34)28-21-26(16-19-29(28)38-5)31(25-12-10-9-11-13-25)30(8-2)39(6)22(3)4/h8,14-19,21,25,31H,3,5,7,9-13,20H2,1-2,4,6H3/b30-8-,32-24-. The monoisotopic (exact) mass is 556 g/mol. The molecule has 1 atom stereocenters. The molecule has 1 saturated carbocycles. The fraction of sp³-hybridized carbons (Fsp3) is 0.424. The van der Waals surface area contributed by atoms with Crippen molar-refractivity contribution < 1.29 is 13.2 Å². The number of hydrogen-bond donors (Lipinski definition) is 0. The van der Waals surface area contributed by atoms with Crippen LogP contribution in [0.5, 0.6) is 0 Å². The van der Waals surface area contributed by atoms with Crippen molar-refractivity contribution in [1.82, 2.24) is 4.90 Å². The molecule has 3 rings (SSSR count). The smallest absolute Gasteiger partial charge is 0.352 e. The number of alkyl halides is 3. The van der Waals surface area contributed by atoms with Crippen molar-refractivity contribution in [3.8, 4) is 0 Å². The predicted molar refractivity (Wildman–Crippen MR) is 160 cm³/mol. The maximum absolute atomic E-state index is 13.0. The molecule has 1 aliphatic carbocycles. The fourth-order valence-corrected chi connectivity index (χ4v) is 5.97. The number of nitrogens with zero attached hydrogens (tertiary/aromatic N) is 2. The topological polar surface area (TPSA) is 15.6 Å². The van der Waals surface area contributed by atoms with Crippen molar-refractivity contribution in [1.29, 1.82) is 0 Å². The molecular weight excluding hydrogens is 517 g/mol. The van der Waals surface area contributed by atoms with E-state index >= 15 is 0 Å². The number of rotatable bonds is 10. The second-order valence-corrected chi connectivity index (χ2v) is 10.8. The van der Waals surface area contributed by atoms with Crippen LogP contribution in [-0.4, -0.2) is 18.7 Å². The number of halogens is 4. The van der Waals surface area contributed by atoms with E-state index in [9.17, 15) is 13.2 Å². The van der Waals surface area contributed by atoms with Gasteiger partial charge in [0.2, 0.25) is 0 Å². The van der Waals surface area contributed by atoms with Crippen LogP contribution in [0.1, 0.15) is 87.5 Å². The lowest BCUT2D eigenvalue weighted by Crippen LogP contribution is -2.27. The summed E-state index contributed by atoms with van der Waals surface area (Å²) in [6.07, 6.45) is 5.00. The second-order valence-electron chi connectivity index (χ2n) is 10.5. The van der Waals surface area contributed by atoms with Gasteiger partial charge in [0.25, 0.3) is 0 Å². The predicted octanol–water partition coefficient (Wildman–Crippen LogP) is 10.7. The Morgan fingerprint density at radius 1 is 1.13 bits per heavy atom. The molecule has 210 valence electrons. The van der Waals surface area contributed by atoms with Crippen LogP contribution in [0, 0.1) is 5.92 Å². The summed E-state index contributed by atoms with van der Waals surface area (Å²) in [6, 6.07) is 11.6. The molecule has 0 radical (unpaired) electrons. The summed E-state index contributed by atoms with van der Waals surface area (Å²) in [4.78, 5) is 6.44. The zero-order valence-corrected chi connectivity index (χ0v) is 24.3. The van der Waals surface area contributed by atoms with E-state index in [1.807, 2.05) is 19.9 Å². The lowest BCUT2D eigenvalue weighted by molar-refractivity contribution is -0.137. The average Bonchev–Trinajstić information content (AvgIpc) is 2.93. The summed E-state index contributed by atoms with van der Waals surface area (Å²) in [5.41, 5.74) is 5.95. The first-order chi connectivity index (χ1) is 18.5. The van der Waals surface area contributed by atoms with E-state index in [1.165, 1.54) is 55.5 Å². The molecule has 0 heterocycles. The van der Waals surface area contributed by atoms with Gasteiger partial charge < -0.3 is 4.90 Å². The molecule has 2 aromatic carbocycles. The molecule has 39 heavy (non-hydrogen) atoms. The van der Waals surface area contributed by atoms with Crippen LogP contribution in [0.3, 0.4) is 0 Å². The first-order valence-corrected chi connectivity index (χ1v) is 14.1. The molecule has 0 amide bonds. The quantitative estimate of drug-likeness (QED) is 0.266. The molecule has 0 bridgehead atoms. The minimum absolute atomic E-state index is 0.180. The highest BCUT2D eigenvalue weighted by atomic mass is 35.5. The molecule has 2 aromatic rings. The van der Waals surface area contributed by atoms with Gasteiger partial charge >= 0.3 is 6.18 Å². The number of benzene rings is 2. The van der Waals surface area contributed by atoms with E-state index < -0.39 is 11.7 Å². The second kappa shape index (κ2) is 13.5. The Morgan fingerprint density at radius 2 is 1.77 bits per heavy atom. The van der Waals surface area contributed by atoms with Gasteiger partial charge in [0.05, 0.1) is 11.3 Å². The largest absolute Gasteiger partial charge is 0.416 e. The van der Waals surface area contributed by atoms with Gasteiger partial charge in [-0.2, -0.15) is 13.2 Å². The van der Waals surface area contributed by atoms with Crippen molar-refractivity contribution in [2.75, 3.05) is 7.05 Å². The summed E-state index contributed by atoms with van der Waals surface area (Å²) < 4.78 is 39.1. The summed E-state index contributed by atoms with van der Waals surface area (Å²) in [5.74, 6) is 0.682. The van der Waals surface area contributed by atoms with Gasteiger partial charge in [-0.15, -0.1) is 0 Å². The SMILES string of the molecule is C=Nc1ccc(C(/C(=C/C)N(C)C(=C)C)C2CCCCC2)cc1/C(Cl)=C(\CC)Cc1ccc(C(F)(F)F)cc1. The molecule has 1 aliphatic rings. The first kappa shape index (κ1) is 30.7. The van der Waals surface area contributed by atoms with Gasteiger partial charge in [-0.25, -0.2) is 0 Å². The molecule has 0 saturated heterocycles. The van der Waals surface area contributed by atoms with E-state index in [1.54, 1.807) is 0 Å². The maximum Gasteiger partial charge on any atom is 0.416 e. The Hall–Kier alpha value is -2.79. The Bertz CT molecular complexity index is 1220. The summed E-state index contributed by atoms with van der Waals surface area (Å²) in [7, 11) is 2.07. The minimum atomic E-state index is -4.36. The summed E-state index contributed by atoms with van der Waals surface area (Å²) in [5, 5.41) is 0.583. The number of hydrogen-bond acceptors (Lipinski definition) is 2. The van der Waals surface area contributed by atoms with Crippen LogP contribution in [0.15, 0.2) is 77.1 Å². The molecule has 0 spiro atoms. The molecule has 1 fully saturated rings. The van der Waals surface area contributed by atoms with Crippen molar-refractivity contribution >= 4 is 29.0 Å². The van der Waals surface area contributed by atoms with E-state index in [0.29, 0.717) is 29.5 Å². The molecule has 2 nitrogen and oxygen atoms in total. The third-order valence-electron chi connectivity index (χ3n) is 7.92. The Kier molecular flexibility index (Phi) is 10.7. The summed E-state index contributed by atoms with van der Waals surface area (Å²) in [6.45, 7) is 14.1. The third-order valence-corrected chi connectivity index (χ3v) is 8.39. The van der Waals surface area contributed by atoms with Gasteiger partial charge in [0, 0.05) is 35.0 Å². The van der Waals surface area contributed by atoms with E-state index in [2.05, 4.69) is 55.4 Å². The Labute approximate surface area is 237 Å². The highest BCUT2D eigenvalue weighted by molar-refractivity contribution is 6.49. The molecule has 0 aromatic heterocycles.